The van der Waals surface area contributed by atoms with E-state index in [1.54, 1.807) is 0 Å². The summed E-state index contributed by atoms with van der Waals surface area (Å²) in [5.41, 5.74) is 4.13. The van der Waals surface area contributed by atoms with E-state index in [-0.39, 0.29) is 5.91 Å². The number of benzene rings is 2. The Morgan fingerprint density at radius 1 is 1.15 bits per heavy atom. The summed E-state index contributed by atoms with van der Waals surface area (Å²) < 4.78 is 11.5. The first kappa shape index (κ1) is 21.8. The van der Waals surface area contributed by atoms with Crippen molar-refractivity contribution in [2.75, 3.05) is 37.7 Å². The lowest BCUT2D eigenvalue weighted by atomic mass is 10.0. The molecule has 5 rings (SSSR count). The first-order valence-corrected chi connectivity index (χ1v) is 11.5. The monoisotopic (exact) mass is 454 g/mol. The van der Waals surface area contributed by atoms with Crippen LogP contribution in [0.5, 0.6) is 5.88 Å². The number of ether oxygens (including phenoxy) is 2. The zero-order chi connectivity index (χ0) is 23.5. The molecular weight excluding hydrogens is 428 g/mol. The minimum atomic E-state index is -0.0556. The lowest BCUT2D eigenvalue weighted by molar-refractivity contribution is -0.130. The van der Waals surface area contributed by atoms with E-state index >= 15 is 0 Å². The largest absolute Gasteiger partial charge is 0.488 e. The van der Waals surface area contributed by atoms with Crippen LogP contribution >= 0.6 is 0 Å². The van der Waals surface area contributed by atoms with E-state index in [9.17, 15) is 10.1 Å². The highest BCUT2D eigenvalue weighted by Crippen LogP contribution is 2.36. The molecule has 0 saturated carbocycles. The first-order valence-electron chi connectivity index (χ1n) is 11.5. The Kier molecular flexibility index (Phi) is 6.05. The number of hydrogen-bond acceptors (Lipinski definition) is 6. The summed E-state index contributed by atoms with van der Waals surface area (Å²) in [5, 5.41) is 11.1. The van der Waals surface area contributed by atoms with Crippen LogP contribution in [-0.4, -0.2) is 48.6 Å². The Morgan fingerprint density at radius 2 is 1.94 bits per heavy atom. The van der Waals surface area contributed by atoms with E-state index in [2.05, 4.69) is 17.0 Å². The average molecular weight is 455 g/mol. The van der Waals surface area contributed by atoms with Crippen molar-refractivity contribution in [1.82, 2.24) is 9.88 Å². The highest BCUT2D eigenvalue weighted by atomic mass is 16.5. The second-order valence-corrected chi connectivity index (χ2v) is 8.53. The number of carbonyl (C=O) groups excluding carboxylic acids is 1. The number of carbonyl (C=O) groups is 1. The molecule has 0 spiro atoms. The average Bonchev–Trinajstić information content (AvgIpc) is 3.42. The van der Waals surface area contributed by atoms with Crippen molar-refractivity contribution < 1.29 is 14.3 Å². The third-order valence-corrected chi connectivity index (χ3v) is 6.21. The molecule has 3 aromatic rings. The number of fused-ring (bicyclic) bond motifs is 1. The molecule has 7 nitrogen and oxygen atoms in total. The normalized spacial score (nSPS) is 15.6. The molecule has 3 heterocycles. The van der Waals surface area contributed by atoms with Crippen molar-refractivity contribution in [3.63, 3.8) is 0 Å². The number of aromatic nitrogens is 1. The number of amides is 1. The van der Waals surface area contributed by atoms with Crippen molar-refractivity contribution in [2.45, 2.75) is 20.0 Å². The molecule has 2 aliphatic rings. The Bertz CT molecular complexity index is 1290. The fourth-order valence-electron chi connectivity index (χ4n) is 4.45. The first-order chi connectivity index (χ1) is 16.6. The topological polar surface area (TPSA) is 78.7 Å². The van der Waals surface area contributed by atoms with Gasteiger partial charge in [0.2, 0.25) is 5.88 Å². The maximum Gasteiger partial charge on any atom is 0.288 e. The lowest BCUT2D eigenvalue weighted by Crippen LogP contribution is -2.49. The predicted octanol–water partition coefficient (Wildman–Crippen LogP) is 3.95. The molecule has 0 radical (unpaired) electrons. The predicted molar refractivity (Wildman–Crippen MR) is 129 cm³/mol. The van der Waals surface area contributed by atoms with Gasteiger partial charge >= 0.3 is 0 Å². The Balaban J connectivity index is 1.46. The number of pyridine rings is 1. The van der Waals surface area contributed by atoms with Crippen LogP contribution in [0.25, 0.3) is 10.9 Å². The van der Waals surface area contributed by atoms with E-state index in [0.29, 0.717) is 56.6 Å². The van der Waals surface area contributed by atoms with Gasteiger partial charge in [-0.05, 0) is 30.7 Å². The van der Waals surface area contributed by atoms with E-state index in [0.717, 1.165) is 34.1 Å². The Labute approximate surface area is 198 Å². The molecule has 34 heavy (non-hydrogen) atoms. The van der Waals surface area contributed by atoms with Crippen LogP contribution in [0.3, 0.4) is 0 Å². The van der Waals surface area contributed by atoms with Crippen LogP contribution in [0.1, 0.15) is 23.1 Å². The third-order valence-electron chi connectivity index (χ3n) is 6.21. The molecule has 1 amide bonds. The second-order valence-electron chi connectivity index (χ2n) is 8.53. The van der Waals surface area contributed by atoms with Crippen LogP contribution in [0.2, 0.25) is 0 Å². The van der Waals surface area contributed by atoms with Gasteiger partial charge in [0.25, 0.3) is 5.91 Å². The van der Waals surface area contributed by atoms with E-state index < -0.39 is 0 Å². The van der Waals surface area contributed by atoms with Gasteiger partial charge in [0.05, 0.1) is 17.8 Å². The molecule has 0 unspecified atom stereocenters. The number of aryl methyl sites for hydroxylation is 1. The van der Waals surface area contributed by atoms with Gasteiger partial charge in [0.1, 0.15) is 18.2 Å². The van der Waals surface area contributed by atoms with Crippen LogP contribution in [0.15, 0.2) is 60.4 Å². The van der Waals surface area contributed by atoms with Gasteiger partial charge in [-0.25, -0.2) is 4.98 Å². The summed E-state index contributed by atoms with van der Waals surface area (Å²) in [7, 11) is 0. The quantitative estimate of drug-likeness (QED) is 0.581. The number of rotatable bonds is 5. The van der Waals surface area contributed by atoms with Crippen molar-refractivity contribution in [3.8, 4) is 11.9 Å². The van der Waals surface area contributed by atoms with Crippen LogP contribution in [0.4, 0.5) is 5.69 Å². The van der Waals surface area contributed by atoms with Gasteiger partial charge < -0.3 is 19.3 Å². The van der Waals surface area contributed by atoms with Crippen LogP contribution in [-0.2, 0) is 16.1 Å². The Morgan fingerprint density at radius 3 is 2.65 bits per heavy atom. The van der Waals surface area contributed by atoms with Crippen LogP contribution in [0, 0.1) is 18.3 Å². The molecule has 2 aromatic carbocycles. The molecule has 0 aliphatic carbocycles. The SMILES string of the molecule is Cc1ccc2nc(OCc3ccccc3)c(C#N)c(N3CCN(C(=O)C4=CCCO4)CC3)c2c1. The van der Waals surface area contributed by atoms with Gasteiger partial charge in [0, 0.05) is 38.0 Å². The van der Waals surface area contributed by atoms with Crippen LogP contribution < -0.4 is 9.64 Å². The lowest BCUT2D eigenvalue weighted by Gasteiger charge is -2.37. The molecule has 1 aromatic heterocycles. The fraction of sp³-hybridized carbons (Fsp3) is 0.296. The van der Waals surface area contributed by atoms with Crippen molar-refractivity contribution in [3.05, 3.63) is 77.1 Å². The number of nitriles is 1. The van der Waals surface area contributed by atoms with E-state index in [4.69, 9.17) is 14.5 Å². The van der Waals surface area contributed by atoms with Gasteiger partial charge in [-0.15, -0.1) is 0 Å². The molecule has 7 heteroatoms. The highest BCUT2D eigenvalue weighted by molar-refractivity contribution is 5.97. The van der Waals surface area contributed by atoms with Gasteiger partial charge in [0.15, 0.2) is 5.76 Å². The number of hydrogen-bond donors (Lipinski definition) is 0. The van der Waals surface area contributed by atoms with Crippen molar-refractivity contribution >= 4 is 22.5 Å². The summed E-state index contributed by atoms with van der Waals surface area (Å²) in [6.07, 6.45) is 2.64. The minimum absolute atomic E-state index is 0.0556. The smallest absolute Gasteiger partial charge is 0.288 e. The number of piperazine rings is 1. The zero-order valence-corrected chi connectivity index (χ0v) is 19.2. The van der Waals surface area contributed by atoms with Gasteiger partial charge in [-0.3, -0.25) is 4.79 Å². The molecule has 0 N–H and O–H groups in total. The zero-order valence-electron chi connectivity index (χ0n) is 19.2. The molecule has 2 aliphatic heterocycles. The molecule has 172 valence electrons. The molecule has 0 bridgehead atoms. The maximum atomic E-state index is 12.7. The Hall–Kier alpha value is -4.05. The number of anilines is 1. The van der Waals surface area contributed by atoms with E-state index in [1.165, 1.54) is 0 Å². The maximum absolute atomic E-state index is 12.7. The van der Waals surface area contributed by atoms with Crippen molar-refractivity contribution in [1.29, 1.82) is 5.26 Å². The molecular formula is C27H26N4O3. The van der Waals surface area contributed by atoms with Gasteiger partial charge in [-0.2, -0.15) is 5.26 Å². The molecule has 0 atom stereocenters. The standard InChI is InChI=1S/C27H26N4O3/c1-19-9-10-23-21(16-19)25(22(17-28)26(29-23)34-18-20-6-3-2-4-7-20)30-11-13-31(14-12-30)27(32)24-8-5-15-33-24/h2-4,6-10,16H,5,11-15,18H2,1H3. The highest BCUT2D eigenvalue weighted by Gasteiger charge is 2.29. The van der Waals surface area contributed by atoms with Gasteiger partial charge in [-0.1, -0.05) is 42.0 Å². The summed E-state index contributed by atoms with van der Waals surface area (Å²) in [6, 6.07) is 18.2. The summed E-state index contributed by atoms with van der Waals surface area (Å²) in [6.45, 7) is 5.26. The van der Waals surface area contributed by atoms with Crippen molar-refractivity contribution in [2.24, 2.45) is 0 Å². The summed E-state index contributed by atoms with van der Waals surface area (Å²) in [5.74, 6) is 0.730. The third kappa shape index (κ3) is 4.27. The minimum Gasteiger partial charge on any atom is -0.488 e. The summed E-state index contributed by atoms with van der Waals surface area (Å²) in [4.78, 5) is 21.4. The number of nitrogens with zero attached hydrogens (tertiary/aromatic N) is 4. The molecule has 1 saturated heterocycles. The fourth-order valence-corrected chi connectivity index (χ4v) is 4.45. The summed E-state index contributed by atoms with van der Waals surface area (Å²) >= 11 is 0. The second kappa shape index (κ2) is 9.44. The van der Waals surface area contributed by atoms with E-state index in [1.807, 2.05) is 60.4 Å². The molecule has 1 fully saturated rings.